The molecule has 1 aromatic heterocycles. The van der Waals surface area contributed by atoms with E-state index in [1.807, 2.05) is 66.0 Å². The first kappa shape index (κ1) is 14.3. The zero-order valence-electron chi connectivity index (χ0n) is 11.9. The predicted molar refractivity (Wildman–Crippen MR) is 92.9 cm³/mol. The molecule has 0 saturated heterocycles. The number of guanidine groups is 1. The molecule has 0 aliphatic carbocycles. The van der Waals surface area contributed by atoms with E-state index in [-0.39, 0.29) is 0 Å². The Morgan fingerprint density at radius 1 is 1.05 bits per heavy atom. The van der Waals surface area contributed by atoms with E-state index in [1.54, 1.807) is 0 Å². The quantitative estimate of drug-likeness (QED) is 0.570. The van der Waals surface area contributed by atoms with Gasteiger partial charge in [0.2, 0.25) is 0 Å². The van der Waals surface area contributed by atoms with Gasteiger partial charge in [0, 0.05) is 10.9 Å². The summed E-state index contributed by atoms with van der Waals surface area (Å²) >= 11 is 1.51. The zero-order chi connectivity index (χ0) is 15.2. The van der Waals surface area contributed by atoms with Crippen molar-refractivity contribution in [1.29, 1.82) is 0 Å². The van der Waals surface area contributed by atoms with Crippen molar-refractivity contribution in [3.63, 3.8) is 0 Å². The maximum atomic E-state index is 5.91. The van der Waals surface area contributed by atoms with Gasteiger partial charge in [-0.05, 0) is 5.56 Å². The Labute approximate surface area is 133 Å². The molecule has 110 valence electrons. The van der Waals surface area contributed by atoms with Gasteiger partial charge in [-0.1, -0.05) is 60.7 Å². The number of hydrogen-bond acceptors (Lipinski definition) is 3. The van der Waals surface area contributed by atoms with Crippen molar-refractivity contribution in [2.75, 3.05) is 5.32 Å². The molecule has 1 heterocycles. The van der Waals surface area contributed by atoms with Gasteiger partial charge >= 0.3 is 0 Å². The van der Waals surface area contributed by atoms with E-state index >= 15 is 0 Å². The Balaban J connectivity index is 1.65. The second-order valence-corrected chi connectivity index (χ2v) is 5.57. The number of thiazole rings is 1. The number of aliphatic imine (C=N–C) groups is 1. The summed E-state index contributed by atoms with van der Waals surface area (Å²) in [6.45, 7) is 0.552. The Morgan fingerprint density at radius 2 is 1.73 bits per heavy atom. The summed E-state index contributed by atoms with van der Waals surface area (Å²) in [5, 5.41) is 5.78. The standard InChI is InChI=1S/C17H16N4S/c18-16(19-11-13-7-3-1-4-8-13)21-17-20-15(12-22-17)14-9-5-2-6-10-14/h1-10,12H,11H2,(H3,18,19,20,21). The fourth-order valence-electron chi connectivity index (χ4n) is 1.98. The molecule has 0 radical (unpaired) electrons. The first-order valence-electron chi connectivity index (χ1n) is 6.93. The van der Waals surface area contributed by atoms with Crippen LogP contribution < -0.4 is 11.1 Å². The topological polar surface area (TPSA) is 63.3 Å². The molecule has 4 nitrogen and oxygen atoms in total. The second-order valence-electron chi connectivity index (χ2n) is 4.72. The van der Waals surface area contributed by atoms with Gasteiger partial charge in [-0.25, -0.2) is 9.98 Å². The van der Waals surface area contributed by atoms with Crippen LogP contribution in [0.4, 0.5) is 5.13 Å². The highest BCUT2D eigenvalue weighted by Gasteiger charge is 2.04. The molecule has 2 aromatic carbocycles. The molecule has 22 heavy (non-hydrogen) atoms. The summed E-state index contributed by atoms with van der Waals surface area (Å²) in [6, 6.07) is 20.1. The number of benzene rings is 2. The summed E-state index contributed by atoms with van der Waals surface area (Å²) in [6.07, 6.45) is 0. The molecule has 0 aliphatic heterocycles. The molecule has 0 aliphatic rings. The molecule has 3 rings (SSSR count). The fraction of sp³-hybridized carbons (Fsp3) is 0.0588. The minimum Gasteiger partial charge on any atom is -0.370 e. The average Bonchev–Trinajstić information content (AvgIpc) is 3.03. The second kappa shape index (κ2) is 6.87. The number of hydrogen-bond donors (Lipinski definition) is 2. The van der Waals surface area contributed by atoms with Crippen molar-refractivity contribution in [2.24, 2.45) is 10.7 Å². The minimum atomic E-state index is 0.373. The van der Waals surface area contributed by atoms with Crippen LogP contribution >= 0.6 is 11.3 Å². The molecule has 0 amide bonds. The van der Waals surface area contributed by atoms with Gasteiger partial charge in [0.1, 0.15) is 0 Å². The molecule has 0 saturated carbocycles. The minimum absolute atomic E-state index is 0.373. The lowest BCUT2D eigenvalue weighted by Crippen LogP contribution is -2.22. The SMILES string of the molecule is NC(=NCc1ccccc1)Nc1nc(-c2ccccc2)cs1. The highest BCUT2D eigenvalue weighted by atomic mass is 32.1. The summed E-state index contributed by atoms with van der Waals surface area (Å²) in [5.74, 6) is 0.373. The Hall–Kier alpha value is -2.66. The van der Waals surface area contributed by atoms with Gasteiger partial charge in [-0.15, -0.1) is 11.3 Å². The monoisotopic (exact) mass is 308 g/mol. The van der Waals surface area contributed by atoms with Crippen molar-refractivity contribution in [2.45, 2.75) is 6.54 Å². The van der Waals surface area contributed by atoms with Crippen molar-refractivity contribution in [1.82, 2.24) is 4.98 Å². The average molecular weight is 308 g/mol. The van der Waals surface area contributed by atoms with E-state index in [4.69, 9.17) is 5.73 Å². The van der Waals surface area contributed by atoms with Gasteiger partial charge in [0.25, 0.3) is 0 Å². The third-order valence-corrected chi connectivity index (χ3v) is 3.84. The Kier molecular flexibility index (Phi) is 4.46. The molecule has 0 fully saturated rings. The fourth-order valence-corrected chi connectivity index (χ4v) is 2.71. The van der Waals surface area contributed by atoms with Crippen molar-refractivity contribution in [3.8, 4) is 11.3 Å². The van der Waals surface area contributed by atoms with Gasteiger partial charge in [0.15, 0.2) is 11.1 Å². The third kappa shape index (κ3) is 3.71. The molecular weight excluding hydrogens is 292 g/mol. The van der Waals surface area contributed by atoms with Crippen LogP contribution in [0.3, 0.4) is 0 Å². The van der Waals surface area contributed by atoms with Crippen LogP contribution in [-0.4, -0.2) is 10.9 Å². The summed E-state index contributed by atoms with van der Waals surface area (Å²) < 4.78 is 0. The normalized spacial score (nSPS) is 11.4. The number of nitrogens with one attached hydrogen (secondary N) is 1. The highest BCUT2D eigenvalue weighted by molar-refractivity contribution is 7.14. The van der Waals surface area contributed by atoms with Crippen LogP contribution in [0.2, 0.25) is 0 Å². The van der Waals surface area contributed by atoms with Crippen molar-refractivity contribution < 1.29 is 0 Å². The van der Waals surface area contributed by atoms with Gasteiger partial charge in [0.05, 0.1) is 12.2 Å². The van der Waals surface area contributed by atoms with Crippen LogP contribution in [-0.2, 0) is 6.54 Å². The van der Waals surface area contributed by atoms with E-state index < -0.39 is 0 Å². The molecule has 3 aromatic rings. The van der Waals surface area contributed by atoms with Crippen LogP contribution in [0.1, 0.15) is 5.56 Å². The van der Waals surface area contributed by atoms with Crippen LogP contribution in [0.25, 0.3) is 11.3 Å². The number of aromatic nitrogens is 1. The lowest BCUT2D eigenvalue weighted by atomic mass is 10.2. The summed E-state index contributed by atoms with van der Waals surface area (Å²) in [7, 11) is 0. The number of nitrogens with two attached hydrogens (primary N) is 1. The smallest absolute Gasteiger partial charge is 0.195 e. The van der Waals surface area contributed by atoms with Crippen LogP contribution in [0, 0.1) is 0 Å². The number of rotatable bonds is 4. The molecule has 0 bridgehead atoms. The van der Waals surface area contributed by atoms with E-state index in [9.17, 15) is 0 Å². The third-order valence-electron chi connectivity index (χ3n) is 3.08. The Bertz CT molecular complexity index is 751. The highest BCUT2D eigenvalue weighted by Crippen LogP contribution is 2.24. The zero-order valence-corrected chi connectivity index (χ0v) is 12.8. The number of anilines is 1. The predicted octanol–water partition coefficient (Wildman–Crippen LogP) is 3.74. The number of nitrogens with zero attached hydrogens (tertiary/aromatic N) is 2. The van der Waals surface area contributed by atoms with E-state index in [2.05, 4.69) is 15.3 Å². The molecule has 0 unspecified atom stereocenters. The largest absolute Gasteiger partial charge is 0.370 e. The maximum absolute atomic E-state index is 5.91. The van der Waals surface area contributed by atoms with Crippen LogP contribution in [0.5, 0.6) is 0 Å². The molecule has 0 atom stereocenters. The first-order chi connectivity index (χ1) is 10.8. The lowest BCUT2D eigenvalue weighted by molar-refractivity contribution is 1.06. The Morgan fingerprint density at radius 3 is 2.45 bits per heavy atom. The molecular formula is C17H16N4S. The lowest BCUT2D eigenvalue weighted by Gasteiger charge is -2.02. The first-order valence-corrected chi connectivity index (χ1v) is 7.81. The van der Waals surface area contributed by atoms with E-state index in [0.29, 0.717) is 12.5 Å². The van der Waals surface area contributed by atoms with Crippen molar-refractivity contribution in [3.05, 3.63) is 71.6 Å². The molecule has 3 N–H and O–H groups in total. The van der Waals surface area contributed by atoms with Gasteiger partial charge in [-0.2, -0.15) is 0 Å². The van der Waals surface area contributed by atoms with E-state index in [0.717, 1.165) is 22.0 Å². The molecule has 0 spiro atoms. The maximum Gasteiger partial charge on any atom is 0.195 e. The van der Waals surface area contributed by atoms with E-state index in [1.165, 1.54) is 11.3 Å². The van der Waals surface area contributed by atoms with Gasteiger partial charge < -0.3 is 11.1 Å². The summed E-state index contributed by atoms with van der Waals surface area (Å²) in [4.78, 5) is 8.84. The summed E-state index contributed by atoms with van der Waals surface area (Å²) in [5.41, 5.74) is 9.05. The van der Waals surface area contributed by atoms with Crippen molar-refractivity contribution >= 4 is 22.4 Å². The van der Waals surface area contributed by atoms with Crippen LogP contribution in [0.15, 0.2) is 71.0 Å². The molecule has 5 heteroatoms. The van der Waals surface area contributed by atoms with Gasteiger partial charge in [-0.3, -0.25) is 0 Å².